The highest BCUT2D eigenvalue weighted by Crippen LogP contribution is 2.27. The Balaban J connectivity index is 2.79. The zero-order valence-corrected chi connectivity index (χ0v) is 11.9. The van der Waals surface area contributed by atoms with Gasteiger partial charge in [0, 0.05) is 19.6 Å². The van der Waals surface area contributed by atoms with Crippen molar-refractivity contribution in [2.75, 3.05) is 13.6 Å². The van der Waals surface area contributed by atoms with Gasteiger partial charge < -0.3 is 14.9 Å². The summed E-state index contributed by atoms with van der Waals surface area (Å²) in [4.78, 5) is 26.4. The molecule has 1 fully saturated rings. The molecule has 0 aromatic heterocycles. The minimum atomic E-state index is -0.975. The quantitative estimate of drug-likeness (QED) is 0.820. The molecule has 1 saturated heterocycles. The van der Waals surface area contributed by atoms with E-state index in [0.717, 1.165) is 6.42 Å². The van der Waals surface area contributed by atoms with Crippen molar-refractivity contribution in [2.24, 2.45) is 11.8 Å². The molecule has 4 unspecified atom stereocenters. The van der Waals surface area contributed by atoms with Crippen molar-refractivity contribution in [3.05, 3.63) is 0 Å². The molecule has 1 aliphatic rings. The second-order valence-electron chi connectivity index (χ2n) is 5.62. The van der Waals surface area contributed by atoms with Gasteiger partial charge in [0.05, 0.1) is 0 Å². The number of urea groups is 1. The number of amides is 2. The molecule has 0 aliphatic carbocycles. The fourth-order valence-corrected chi connectivity index (χ4v) is 2.50. The van der Waals surface area contributed by atoms with Crippen molar-refractivity contribution in [3.63, 3.8) is 0 Å². The molecular weight excluding hydrogens is 232 g/mol. The number of carbonyl (C=O) groups is 2. The van der Waals surface area contributed by atoms with E-state index >= 15 is 0 Å². The molecule has 1 N–H and O–H groups in total. The molecule has 5 heteroatoms. The van der Waals surface area contributed by atoms with E-state index in [1.54, 1.807) is 11.9 Å². The first-order chi connectivity index (χ1) is 8.25. The summed E-state index contributed by atoms with van der Waals surface area (Å²) < 4.78 is 0. The van der Waals surface area contributed by atoms with Crippen molar-refractivity contribution in [1.82, 2.24) is 9.80 Å². The zero-order valence-electron chi connectivity index (χ0n) is 11.9. The Morgan fingerprint density at radius 2 is 1.89 bits per heavy atom. The van der Waals surface area contributed by atoms with Crippen LogP contribution in [0, 0.1) is 11.8 Å². The SMILES string of the molecule is CC1CC(C)C(C)N(C(=O)N(C)C(C)C(=O)O)C1. The minimum absolute atomic E-state index is 0.164. The van der Waals surface area contributed by atoms with Gasteiger partial charge in [-0.2, -0.15) is 0 Å². The average Bonchev–Trinajstić information content (AvgIpc) is 2.30. The number of carbonyl (C=O) groups excluding carboxylic acids is 1. The Morgan fingerprint density at radius 1 is 1.33 bits per heavy atom. The van der Waals surface area contributed by atoms with Crippen LogP contribution in [-0.2, 0) is 4.79 Å². The Kier molecular flexibility index (Phi) is 4.59. The number of hydrogen-bond acceptors (Lipinski definition) is 2. The van der Waals surface area contributed by atoms with Gasteiger partial charge in [-0.15, -0.1) is 0 Å². The van der Waals surface area contributed by atoms with Gasteiger partial charge >= 0.3 is 12.0 Å². The standard InChI is InChI=1S/C13H24N2O3/c1-8-6-9(2)10(3)15(7-8)13(18)14(5)11(4)12(16)17/h8-11H,6-7H2,1-5H3,(H,16,17). The minimum Gasteiger partial charge on any atom is -0.480 e. The van der Waals surface area contributed by atoms with E-state index in [1.165, 1.54) is 11.8 Å². The molecule has 1 heterocycles. The molecule has 0 spiro atoms. The van der Waals surface area contributed by atoms with Crippen LogP contribution in [0.3, 0.4) is 0 Å². The van der Waals surface area contributed by atoms with E-state index in [9.17, 15) is 9.59 Å². The maximum Gasteiger partial charge on any atom is 0.326 e. The summed E-state index contributed by atoms with van der Waals surface area (Å²) in [5, 5.41) is 8.96. The van der Waals surface area contributed by atoms with Gasteiger partial charge in [0.15, 0.2) is 0 Å². The summed E-state index contributed by atoms with van der Waals surface area (Å²) in [6, 6.07) is -0.815. The van der Waals surface area contributed by atoms with Crippen LogP contribution in [0.5, 0.6) is 0 Å². The van der Waals surface area contributed by atoms with Crippen molar-refractivity contribution in [1.29, 1.82) is 0 Å². The number of nitrogens with zero attached hydrogens (tertiary/aromatic N) is 2. The molecule has 1 rings (SSSR count). The van der Waals surface area contributed by atoms with Crippen LogP contribution < -0.4 is 0 Å². The third-order valence-electron chi connectivity index (χ3n) is 4.08. The van der Waals surface area contributed by atoms with Crippen molar-refractivity contribution >= 4 is 12.0 Å². The second-order valence-corrected chi connectivity index (χ2v) is 5.62. The summed E-state index contributed by atoms with van der Waals surface area (Å²) in [6.45, 7) is 8.54. The zero-order chi connectivity index (χ0) is 14.0. The van der Waals surface area contributed by atoms with E-state index in [2.05, 4.69) is 13.8 Å². The topological polar surface area (TPSA) is 60.9 Å². The predicted octanol–water partition coefficient (Wildman–Crippen LogP) is 1.88. The number of likely N-dealkylation sites (N-methyl/N-ethyl adjacent to an activating group) is 1. The first-order valence-corrected chi connectivity index (χ1v) is 6.52. The summed E-state index contributed by atoms with van der Waals surface area (Å²) in [5.74, 6) is -0.0588. The third kappa shape index (κ3) is 2.94. The van der Waals surface area contributed by atoms with E-state index in [0.29, 0.717) is 18.4 Å². The van der Waals surface area contributed by atoms with Crippen molar-refractivity contribution < 1.29 is 14.7 Å². The molecule has 5 nitrogen and oxygen atoms in total. The van der Waals surface area contributed by atoms with Gasteiger partial charge in [0.2, 0.25) is 0 Å². The Labute approximate surface area is 109 Å². The van der Waals surface area contributed by atoms with Gasteiger partial charge in [-0.3, -0.25) is 0 Å². The van der Waals surface area contributed by atoms with Gasteiger partial charge in [-0.05, 0) is 32.1 Å². The van der Waals surface area contributed by atoms with Crippen LogP contribution in [0.25, 0.3) is 0 Å². The molecular formula is C13H24N2O3. The average molecular weight is 256 g/mol. The fourth-order valence-electron chi connectivity index (χ4n) is 2.50. The van der Waals surface area contributed by atoms with Crippen LogP contribution in [0.4, 0.5) is 4.79 Å². The Morgan fingerprint density at radius 3 is 2.39 bits per heavy atom. The van der Waals surface area contributed by atoms with Crippen LogP contribution in [0.2, 0.25) is 0 Å². The molecule has 0 bridgehead atoms. The maximum atomic E-state index is 12.3. The lowest BCUT2D eigenvalue weighted by atomic mass is 9.86. The van der Waals surface area contributed by atoms with Gasteiger partial charge in [0.25, 0.3) is 0 Å². The highest BCUT2D eigenvalue weighted by atomic mass is 16.4. The number of rotatable bonds is 2. The molecule has 0 aromatic rings. The lowest BCUT2D eigenvalue weighted by molar-refractivity contribution is -0.141. The van der Waals surface area contributed by atoms with E-state index in [4.69, 9.17) is 5.11 Å². The fraction of sp³-hybridized carbons (Fsp3) is 0.846. The van der Waals surface area contributed by atoms with Gasteiger partial charge in [-0.25, -0.2) is 9.59 Å². The summed E-state index contributed by atoms with van der Waals surface area (Å²) >= 11 is 0. The first-order valence-electron chi connectivity index (χ1n) is 6.52. The molecule has 2 amide bonds. The van der Waals surface area contributed by atoms with Gasteiger partial charge in [-0.1, -0.05) is 13.8 Å². The number of hydrogen-bond donors (Lipinski definition) is 1. The lowest BCUT2D eigenvalue weighted by Crippen LogP contribution is -2.55. The summed E-state index contributed by atoms with van der Waals surface area (Å²) in [5.41, 5.74) is 0. The monoisotopic (exact) mass is 256 g/mol. The summed E-state index contributed by atoms with van der Waals surface area (Å²) in [6.07, 6.45) is 1.11. The number of piperidine rings is 1. The highest BCUT2D eigenvalue weighted by Gasteiger charge is 2.35. The van der Waals surface area contributed by atoms with Crippen molar-refractivity contribution in [3.8, 4) is 0 Å². The lowest BCUT2D eigenvalue weighted by Gasteiger charge is -2.43. The molecule has 18 heavy (non-hydrogen) atoms. The first kappa shape index (κ1) is 14.8. The third-order valence-corrected chi connectivity index (χ3v) is 4.08. The number of carboxylic acids is 1. The highest BCUT2D eigenvalue weighted by molar-refractivity contribution is 5.82. The van der Waals surface area contributed by atoms with Crippen LogP contribution in [0.1, 0.15) is 34.1 Å². The van der Waals surface area contributed by atoms with E-state index < -0.39 is 12.0 Å². The largest absolute Gasteiger partial charge is 0.480 e. The van der Waals surface area contributed by atoms with Gasteiger partial charge in [0.1, 0.15) is 6.04 Å². The molecule has 4 atom stereocenters. The normalized spacial score (nSPS) is 29.8. The van der Waals surface area contributed by atoms with Crippen LogP contribution >= 0.6 is 0 Å². The predicted molar refractivity (Wildman–Crippen MR) is 69.4 cm³/mol. The van der Waals surface area contributed by atoms with E-state index in [-0.39, 0.29) is 12.1 Å². The Hall–Kier alpha value is -1.26. The number of likely N-dealkylation sites (tertiary alicyclic amines) is 1. The Bertz CT molecular complexity index is 332. The smallest absolute Gasteiger partial charge is 0.326 e. The molecule has 0 aromatic carbocycles. The molecule has 1 aliphatic heterocycles. The van der Waals surface area contributed by atoms with Crippen molar-refractivity contribution in [2.45, 2.75) is 46.2 Å². The summed E-state index contributed by atoms with van der Waals surface area (Å²) in [7, 11) is 1.55. The number of carboxylic acid groups (broad SMARTS) is 1. The molecule has 0 radical (unpaired) electrons. The van der Waals surface area contributed by atoms with Crippen LogP contribution in [-0.4, -0.2) is 52.6 Å². The van der Waals surface area contributed by atoms with Crippen LogP contribution in [0.15, 0.2) is 0 Å². The maximum absolute atomic E-state index is 12.3. The molecule has 104 valence electrons. The molecule has 0 saturated carbocycles. The number of aliphatic carboxylic acids is 1. The second kappa shape index (κ2) is 5.59. The van der Waals surface area contributed by atoms with E-state index in [1.807, 2.05) is 6.92 Å².